The van der Waals surface area contributed by atoms with E-state index in [-0.39, 0.29) is 36.7 Å². The van der Waals surface area contributed by atoms with Crippen molar-refractivity contribution in [3.63, 3.8) is 0 Å². The Morgan fingerprint density at radius 2 is 2.43 bits per heavy atom. The fraction of sp³-hybridized carbons (Fsp3) is 0.889. The summed E-state index contributed by atoms with van der Waals surface area (Å²) in [5.41, 5.74) is 0. The highest BCUT2D eigenvalue weighted by Gasteiger charge is 2.60. The molecule has 0 aliphatic carbocycles. The zero-order chi connectivity index (χ0) is 9.71. The first-order chi connectivity index (χ1) is 6.81. The Labute approximate surface area is 81.5 Å². The number of hydroxylamine groups is 2. The van der Waals surface area contributed by atoms with Gasteiger partial charge in [-0.05, 0) is 6.42 Å². The molecule has 3 aliphatic heterocycles. The fourth-order valence-electron chi connectivity index (χ4n) is 2.76. The van der Waals surface area contributed by atoms with E-state index in [1.165, 1.54) is 0 Å². The van der Waals surface area contributed by atoms with E-state index in [4.69, 9.17) is 14.7 Å². The van der Waals surface area contributed by atoms with Gasteiger partial charge in [-0.15, -0.1) is 0 Å². The molecule has 0 amide bonds. The van der Waals surface area contributed by atoms with Crippen LogP contribution in [-0.4, -0.2) is 47.5 Å². The lowest BCUT2D eigenvalue weighted by atomic mass is 9.93. The van der Waals surface area contributed by atoms with Crippen molar-refractivity contribution in [3.05, 3.63) is 0 Å². The predicted octanol–water partition coefficient (Wildman–Crippen LogP) is -0.702. The smallest absolute Gasteiger partial charge is 0.313 e. The van der Waals surface area contributed by atoms with Crippen LogP contribution < -0.4 is 0 Å². The number of carbonyl (C=O) groups excluding carboxylic acids is 1. The van der Waals surface area contributed by atoms with Crippen molar-refractivity contribution in [3.8, 4) is 0 Å². The third kappa shape index (κ3) is 0.973. The molecule has 3 rings (SSSR count). The maximum absolute atomic E-state index is 11.5. The minimum atomic E-state index is -0.178. The van der Waals surface area contributed by atoms with Crippen molar-refractivity contribution >= 4 is 5.97 Å². The van der Waals surface area contributed by atoms with Crippen LogP contribution >= 0.6 is 0 Å². The van der Waals surface area contributed by atoms with Crippen LogP contribution in [0.5, 0.6) is 0 Å². The zero-order valence-corrected chi connectivity index (χ0v) is 7.76. The summed E-state index contributed by atoms with van der Waals surface area (Å²) in [4.78, 5) is 17.1. The van der Waals surface area contributed by atoms with Gasteiger partial charge < -0.3 is 9.84 Å². The average Bonchev–Trinajstić information content (AvgIpc) is 2.73. The van der Waals surface area contributed by atoms with E-state index in [0.717, 1.165) is 13.0 Å². The Balaban J connectivity index is 1.85. The molecule has 0 unspecified atom stereocenters. The average molecular weight is 199 g/mol. The normalized spacial score (nSPS) is 45.6. The lowest BCUT2D eigenvalue weighted by Crippen LogP contribution is -2.29. The Bertz CT molecular complexity index is 270. The predicted molar refractivity (Wildman–Crippen MR) is 45.1 cm³/mol. The topological polar surface area (TPSA) is 59.0 Å². The first-order valence-electron chi connectivity index (χ1n) is 5.06. The van der Waals surface area contributed by atoms with Gasteiger partial charge in [-0.25, -0.2) is 0 Å². The maximum atomic E-state index is 11.5. The Hall–Kier alpha value is -0.650. The van der Waals surface area contributed by atoms with Gasteiger partial charge in [0.1, 0.15) is 12.0 Å². The molecule has 78 valence electrons. The lowest BCUT2D eigenvalue weighted by Gasteiger charge is -2.14. The molecule has 3 fully saturated rings. The molecule has 3 heterocycles. The van der Waals surface area contributed by atoms with Crippen LogP contribution in [0, 0.1) is 5.92 Å². The molecule has 5 heteroatoms. The van der Waals surface area contributed by atoms with Gasteiger partial charge in [0, 0.05) is 19.6 Å². The van der Waals surface area contributed by atoms with Crippen LogP contribution in [0.15, 0.2) is 0 Å². The summed E-state index contributed by atoms with van der Waals surface area (Å²) in [5.74, 6) is -0.324. The second-order valence-electron chi connectivity index (χ2n) is 4.08. The second-order valence-corrected chi connectivity index (χ2v) is 4.08. The Morgan fingerprint density at radius 1 is 1.57 bits per heavy atom. The van der Waals surface area contributed by atoms with Gasteiger partial charge in [0.05, 0.1) is 12.1 Å². The molecule has 1 N–H and O–H groups in total. The van der Waals surface area contributed by atoms with Crippen molar-refractivity contribution in [2.45, 2.75) is 31.1 Å². The van der Waals surface area contributed by atoms with Gasteiger partial charge in [-0.2, -0.15) is 5.06 Å². The summed E-state index contributed by atoms with van der Waals surface area (Å²) >= 11 is 0. The third-order valence-electron chi connectivity index (χ3n) is 3.34. The largest absolute Gasteiger partial charge is 0.460 e. The molecule has 0 aromatic rings. The summed E-state index contributed by atoms with van der Waals surface area (Å²) in [6, 6.07) is 0.110. The molecule has 14 heavy (non-hydrogen) atoms. The number of aliphatic hydroxyl groups excluding tert-OH is 1. The highest BCUT2D eigenvalue weighted by atomic mass is 16.7. The number of esters is 1. The van der Waals surface area contributed by atoms with Crippen molar-refractivity contribution in [2.24, 2.45) is 5.92 Å². The van der Waals surface area contributed by atoms with E-state index in [9.17, 15) is 4.79 Å². The van der Waals surface area contributed by atoms with Crippen LogP contribution in [0.4, 0.5) is 0 Å². The van der Waals surface area contributed by atoms with Crippen molar-refractivity contribution in [1.82, 2.24) is 5.06 Å². The Morgan fingerprint density at radius 3 is 3.21 bits per heavy atom. The van der Waals surface area contributed by atoms with Gasteiger partial charge in [0.2, 0.25) is 0 Å². The van der Waals surface area contributed by atoms with Crippen LogP contribution in [0.25, 0.3) is 0 Å². The van der Waals surface area contributed by atoms with E-state index in [1.807, 2.05) is 5.06 Å². The molecule has 0 spiro atoms. The SMILES string of the molecule is O=C1O[C@H]2CCN3O[C@H](CCO)[C@@H]1[C@@H]23. The van der Waals surface area contributed by atoms with Crippen LogP contribution in [0.2, 0.25) is 0 Å². The van der Waals surface area contributed by atoms with Crippen LogP contribution in [0.1, 0.15) is 12.8 Å². The summed E-state index contributed by atoms with van der Waals surface area (Å²) < 4.78 is 5.25. The summed E-state index contributed by atoms with van der Waals surface area (Å²) in [6.07, 6.45) is 1.23. The molecule has 0 radical (unpaired) electrons. The summed E-state index contributed by atoms with van der Waals surface area (Å²) in [6.45, 7) is 0.890. The molecule has 0 aromatic carbocycles. The number of nitrogens with zero attached hydrogens (tertiary/aromatic N) is 1. The van der Waals surface area contributed by atoms with Gasteiger partial charge >= 0.3 is 5.97 Å². The highest BCUT2D eigenvalue weighted by Crippen LogP contribution is 2.43. The quantitative estimate of drug-likeness (QED) is 0.596. The minimum Gasteiger partial charge on any atom is -0.460 e. The van der Waals surface area contributed by atoms with E-state index in [0.29, 0.717) is 6.42 Å². The van der Waals surface area contributed by atoms with Crippen LogP contribution in [-0.2, 0) is 14.4 Å². The number of carbonyl (C=O) groups is 1. The number of hydrogen-bond donors (Lipinski definition) is 1. The van der Waals surface area contributed by atoms with Crippen molar-refractivity contribution < 1.29 is 19.5 Å². The lowest BCUT2D eigenvalue weighted by molar-refractivity contribution is -0.168. The fourth-order valence-corrected chi connectivity index (χ4v) is 2.76. The van der Waals surface area contributed by atoms with Crippen molar-refractivity contribution in [1.29, 1.82) is 0 Å². The minimum absolute atomic E-state index is 0.0243. The zero-order valence-electron chi connectivity index (χ0n) is 7.76. The molecular formula is C9H13NO4. The molecule has 0 bridgehead atoms. The summed E-state index contributed by atoms with van der Waals surface area (Å²) in [7, 11) is 0. The highest BCUT2D eigenvalue weighted by molar-refractivity contribution is 5.77. The van der Waals surface area contributed by atoms with E-state index in [2.05, 4.69) is 0 Å². The number of ether oxygens (including phenoxy) is 1. The summed E-state index contributed by atoms with van der Waals surface area (Å²) in [5, 5.41) is 10.7. The van der Waals surface area contributed by atoms with Gasteiger partial charge in [0.25, 0.3) is 0 Å². The standard InChI is InChI=1S/C9H13NO4/c11-4-2-5-7-8-6(13-9(7)12)1-3-10(8)14-5/h5-8,11H,1-4H2/t5-,6+,7-,8-/m1/s1. The monoisotopic (exact) mass is 199 g/mol. The van der Waals surface area contributed by atoms with Gasteiger partial charge in [0.15, 0.2) is 0 Å². The third-order valence-corrected chi connectivity index (χ3v) is 3.34. The molecule has 5 nitrogen and oxygen atoms in total. The molecule has 3 saturated heterocycles. The first kappa shape index (κ1) is 8.64. The van der Waals surface area contributed by atoms with Crippen LogP contribution in [0.3, 0.4) is 0 Å². The van der Waals surface area contributed by atoms with Gasteiger partial charge in [-0.3, -0.25) is 9.63 Å². The van der Waals surface area contributed by atoms with Crippen molar-refractivity contribution in [2.75, 3.05) is 13.2 Å². The Kier molecular flexibility index (Phi) is 1.80. The molecule has 3 aliphatic rings. The number of rotatable bonds is 2. The second kappa shape index (κ2) is 2.92. The van der Waals surface area contributed by atoms with E-state index >= 15 is 0 Å². The molecule has 4 atom stereocenters. The van der Waals surface area contributed by atoms with E-state index < -0.39 is 0 Å². The molecule has 0 saturated carbocycles. The van der Waals surface area contributed by atoms with E-state index in [1.54, 1.807) is 0 Å². The molecular weight excluding hydrogens is 186 g/mol. The first-order valence-corrected chi connectivity index (χ1v) is 5.06. The maximum Gasteiger partial charge on any atom is 0.313 e. The molecule has 0 aromatic heterocycles. The van der Waals surface area contributed by atoms with Gasteiger partial charge in [-0.1, -0.05) is 0 Å². The number of hydrogen-bond acceptors (Lipinski definition) is 5. The number of aliphatic hydroxyl groups is 1.